The SMILES string of the molecule is CC(O)C(C)S(C)=O. The van der Waals surface area contributed by atoms with E-state index in [0.717, 1.165) is 0 Å². The van der Waals surface area contributed by atoms with Crippen LogP contribution in [0.15, 0.2) is 0 Å². The van der Waals surface area contributed by atoms with Crippen molar-refractivity contribution in [3.05, 3.63) is 0 Å². The van der Waals surface area contributed by atoms with Crippen LogP contribution in [-0.4, -0.2) is 26.9 Å². The third-order valence-corrected chi connectivity index (χ3v) is 2.64. The van der Waals surface area contributed by atoms with Crippen LogP contribution in [0.2, 0.25) is 0 Å². The van der Waals surface area contributed by atoms with Gasteiger partial charge in [-0.05, 0) is 13.8 Å². The summed E-state index contributed by atoms with van der Waals surface area (Å²) >= 11 is 0. The average molecular weight is 136 g/mol. The monoisotopic (exact) mass is 136 g/mol. The molecule has 0 rings (SSSR count). The first-order chi connectivity index (χ1) is 3.55. The van der Waals surface area contributed by atoms with Crippen molar-refractivity contribution in [2.45, 2.75) is 25.2 Å². The predicted octanol–water partition coefficient (Wildman–Crippen LogP) is 0.134. The third-order valence-electron chi connectivity index (χ3n) is 1.20. The van der Waals surface area contributed by atoms with Crippen LogP contribution in [0.1, 0.15) is 13.8 Å². The lowest BCUT2D eigenvalue weighted by Crippen LogP contribution is -2.23. The van der Waals surface area contributed by atoms with Crippen molar-refractivity contribution >= 4 is 10.8 Å². The molecule has 3 heteroatoms. The highest BCUT2D eigenvalue weighted by atomic mass is 32.2. The van der Waals surface area contributed by atoms with Crippen LogP contribution in [-0.2, 0) is 10.8 Å². The van der Waals surface area contributed by atoms with Crippen molar-refractivity contribution < 1.29 is 9.32 Å². The predicted molar refractivity (Wildman–Crippen MR) is 35.2 cm³/mol. The van der Waals surface area contributed by atoms with E-state index in [-0.39, 0.29) is 5.25 Å². The van der Waals surface area contributed by atoms with Gasteiger partial charge in [-0.25, -0.2) is 0 Å². The Bertz CT molecular complexity index is 90.4. The second-order valence-corrected chi connectivity index (χ2v) is 3.69. The molecule has 3 atom stereocenters. The maximum Gasteiger partial charge on any atom is 0.0652 e. The molecule has 0 saturated carbocycles. The maximum absolute atomic E-state index is 10.5. The fourth-order valence-corrected chi connectivity index (χ4v) is 0.832. The molecule has 0 aliphatic heterocycles. The van der Waals surface area contributed by atoms with Crippen LogP contribution >= 0.6 is 0 Å². The number of aliphatic hydroxyl groups excluding tert-OH is 1. The van der Waals surface area contributed by atoms with Gasteiger partial charge >= 0.3 is 0 Å². The molecule has 2 nitrogen and oxygen atoms in total. The molecule has 0 radical (unpaired) electrons. The van der Waals surface area contributed by atoms with Gasteiger partial charge in [0.1, 0.15) is 0 Å². The number of hydrogen-bond acceptors (Lipinski definition) is 2. The van der Waals surface area contributed by atoms with E-state index in [9.17, 15) is 4.21 Å². The highest BCUT2D eigenvalue weighted by Crippen LogP contribution is 1.97. The fourth-order valence-electron chi connectivity index (χ4n) is 0.277. The summed E-state index contributed by atoms with van der Waals surface area (Å²) in [6, 6.07) is 0. The number of hydrogen-bond donors (Lipinski definition) is 1. The topological polar surface area (TPSA) is 37.3 Å². The standard InChI is InChI=1S/C5H12O2S/c1-4(6)5(2)8(3)7/h4-6H,1-3H3. The lowest BCUT2D eigenvalue weighted by molar-refractivity contribution is 0.195. The van der Waals surface area contributed by atoms with E-state index in [0.29, 0.717) is 0 Å². The zero-order chi connectivity index (χ0) is 6.73. The van der Waals surface area contributed by atoms with Gasteiger partial charge in [-0.2, -0.15) is 0 Å². The van der Waals surface area contributed by atoms with Gasteiger partial charge in [0, 0.05) is 17.1 Å². The zero-order valence-electron chi connectivity index (χ0n) is 5.42. The Kier molecular flexibility index (Phi) is 3.24. The Morgan fingerprint density at radius 1 is 1.50 bits per heavy atom. The van der Waals surface area contributed by atoms with Crippen LogP contribution in [0.5, 0.6) is 0 Å². The highest BCUT2D eigenvalue weighted by molar-refractivity contribution is 7.84. The summed E-state index contributed by atoms with van der Waals surface area (Å²) in [5, 5.41) is 8.70. The van der Waals surface area contributed by atoms with E-state index < -0.39 is 16.9 Å². The Morgan fingerprint density at radius 3 is 1.88 bits per heavy atom. The molecule has 0 aromatic heterocycles. The molecule has 0 fully saturated rings. The Morgan fingerprint density at radius 2 is 1.88 bits per heavy atom. The van der Waals surface area contributed by atoms with Gasteiger partial charge < -0.3 is 5.11 Å². The second-order valence-electron chi connectivity index (χ2n) is 1.94. The molecule has 0 heterocycles. The molecule has 0 aliphatic rings. The van der Waals surface area contributed by atoms with Gasteiger partial charge in [-0.15, -0.1) is 0 Å². The molecule has 0 aromatic rings. The quantitative estimate of drug-likeness (QED) is 0.586. The summed E-state index contributed by atoms with van der Waals surface area (Å²) in [4.78, 5) is 0. The molecule has 0 spiro atoms. The van der Waals surface area contributed by atoms with Crippen molar-refractivity contribution in [3.8, 4) is 0 Å². The molecule has 0 amide bonds. The second kappa shape index (κ2) is 3.20. The van der Waals surface area contributed by atoms with Crippen LogP contribution in [0.4, 0.5) is 0 Å². The minimum atomic E-state index is -0.890. The van der Waals surface area contributed by atoms with Gasteiger partial charge in [-0.1, -0.05) is 0 Å². The summed E-state index contributed by atoms with van der Waals surface area (Å²) in [6.07, 6.45) is 1.14. The number of rotatable bonds is 2. The van der Waals surface area contributed by atoms with Crippen molar-refractivity contribution in [3.63, 3.8) is 0 Å². The Hall–Kier alpha value is 0.110. The van der Waals surface area contributed by atoms with Crippen molar-refractivity contribution in [2.75, 3.05) is 6.26 Å². The first-order valence-corrected chi connectivity index (χ1v) is 4.18. The number of aliphatic hydroxyl groups is 1. The Labute approximate surface area is 52.4 Å². The molecule has 0 saturated heterocycles. The van der Waals surface area contributed by atoms with Crippen LogP contribution in [0.25, 0.3) is 0 Å². The summed E-state index contributed by atoms with van der Waals surface area (Å²) in [5.41, 5.74) is 0. The van der Waals surface area contributed by atoms with Crippen LogP contribution < -0.4 is 0 Å². The largest absolute Gasteiger partial charge is 0.392 e. The highest BCUT2D eigenvalue weighted by Gasteiger charge is 2.10. The van der Waals surface area contributed by atoms with Crippen LogP contribution in [0.3, 0.4) is 0 Å². The molecular weight excluding hydrogens is 124 g/mol. The normalized spacial score (nSPS) is 22.0. The average Bonchev–Trinajstić information content (AvgIpc) is 1.64. The van der Waals surface area contributed by atoms with E-state index >= 15 is 0 Å². The van der Waals surface area contributed by atoms with Gasteiger partial charge in [0.15, 0.2) is 0 Å². The van der Waals surface area contributed by atoms with Crippen LogP contribution in [0, 0.1) is 0 Å². The summed E-state index contributed by atoms with van der Waals surface area (Å²) in [7, 11) is -0.890. The fraction of sp³-hybridized carbons (Fsp3) is 1.00. The molecule has 50 valence electrons. The van der Waals surface area contributed by atoms with Crippen molar-refractivity contribution in [1.29, 1.82) is 0 Å². The first kappa shape index (κ1) is 8.11. The van der Waals surface area contributed by atoms with E-state index in [1.807, 2.05) is 0 Å². The van der Waals surface area contributed by atoms with Gasteiger partial charge in [0.25, 0.3) is 0 Å². The molecule has 1 N–H and O–H groups in total. The summed E-state index contributed by atoms with van der Waals surface area (Å²) in [6.45, 7) is 3.41. The van der Waals surface area contributed by atoms with E-state index in [4.69, 9.17) is 5.11 Å². The molecule has 0 aromatic carbocycles. The smallest absolute Gasteiger partial charge is 0.0652 e. The van der Waals surface area contributed by atoms with Gasteiger partial charge in [0.2, 0.25) is 0 Å². The molecule has 8 heavy (non-hydrogen) atoms. The van der Waals surface area contributed by atoms with Gasteiger partial charge in [0.05, 0.1) is 11.4 Å². The first-order valence-electron chi connectivity index (χ1n) is 2.56. The molecule has 0 aliphatic carbocycles. The zero-order valence-corrected chi connectivity index (χ0v) is 6.23. The minimum Gasteiger partial charge on any atom is -0.392 e. The lowest BCUT2D eigenvalue weighted by atomic mass is 10.3. The van der Waals surface area contributed by atoms with E-state index in [1.54, 1.807) is 20.1 Å². The van der Waals surface area contributed by atoms with E-state index in [2.05, 4.69) is 0 Å². The maximum atomic E-state index is 10.5. The summed E-state index contributed by atoms with van der Waals surface area (Å²) in [5.74, 6) is 0. The van der Waals surface area contributed by atoms with E-state index in [1.165, 1.54) is 0 Å². The summed E-state index contributed by atoms with van der Waals surface area (Å²) < 4.78 is 10.5. The Balaban J connectivity index is 3.64. The van der Waals surface area contributed by atoms with Crippen molar-refractivity contribution in [2.24, 2.45) is 0 Å². The molecule has 0 bridgehead atoms. The molecule has 3 unspecified atom stereocenters. The third kappa shape index (κ3) is 2.43. The minimum absolute atomic E-state index is 0.102. The van der Waals surface area contributed by atoms with Crippen molar-refractivity contribution in [1.82, 2.24) is 0 Å². The van der Waals surface area contributed by atoms with Gasteiger partial charge in [-0.3, -0.25) is 4.21 Å². The lowest BCUT2D eigenvalue weighted by Gasteiger charge is -2.09. The molecular formula is C5H12O2S.